The number of allylic oxidation sites excluding steroid dienone is 1. The zero-order valence-electron chi connectivity index (χ0n) is 16.1. The first kappa shape index (κ1) is 20.0. The number of methoxy groups -OCH3 is 1. The average molecular weight is 402 g/mol. The molecular weight excluding hydrogens is 378 g/mol. The van der Waals surface area contributed by atoms with E-state index in [1.54, 1.807) is 13.3 Å². The minimum Gasteiger partial charge on any atom is -0.493 e. The zero-order valence-corrected chi connectivity index (χ0v) is 16.9. The summed E-state index contributed by atoms with van der Waals surface area (Å²) >= 11 is 5.89. The second kappa shape index (κ2) is 9.46. The minimum atomic E-state index is -0.0386. The predicted octanol–water partition coefficient (Wildman–Crippen LogP) is 3.50. The lowest BCUT2D eigenvalue weighted by atomic mass is 10.2. The van der Waals surface area contributed by atoms with Crippen molar-refractivity contribution in [3.63, 3.8) is 0 Å². The van der Waals surface area contributed by atoms with Crippen molar-refractivity contribution in [3.05, 3.63) is 53.2 Å². The summed E-state index contributed by atoms with van der Waals surface area (Å²) in [6.07, 6.45) is 5.57. The van der Waals surface area contributed by atoms with E-state index in [9.17, 15) is 4.79 Å². The highest BCUT2D eigenvalue weighted by Crippen LogP contribution is 2.28. The standard InChI is InChI=1S/C21H24ClN3O3/c1-3-4-16-5-7-18(19(13-16)27-2)28-15-21(26)25-11-9-24(10-12-25)20-8-6-17(22)14-23-20/h3-8,13-14H,9-12,15H2,1-2H3/b4-3+. The molecule has 0 atom stereocenters. The van der Waals surface area contributed by atoms with Crippen molar-refractivity contribution in [2.24, 2.45) is 0 Å². The summed E-state index contributed by atoms with van der Waals surface area (Å²) in [5.41, 5.74) is 1.02. The Morgan fingerprint density at radius 1 is 1.18 bits per heavy atom. The van der Waals surface area contributed by atoms with Crippen molar-refractivity contribution in [2.75, 3.05) is 44.8 Å². The van der Waals surface area contributed by atoms with Gasteiger partial charge in [-0.05, 0) is 36.8 Å². The van der Waals surface area contributed by atoms with Crippen molar-refractivity contribution in [2.45, 2.75) is 6.92 Å². The summed E-state index contributed by atoms with van der Waals surface area (Å²) in [5.74, 6) is 2.01. The lowest BCUT2D eigenvalue weighted by Gasteiger charge is -2.35. The molecule has 0 N–H and O–H groups in total. The molecule has 0 unspecified atom stereocenters. The quantitative estimate of drug-likeness (QED) is 0.741. The van der Waals surface area contributed by atoms with Crippen LogP contribution in [0.4, 0.5) is 5.82 Å². The number of rotatable bonds is 6. The molecule has 2 aromatic rings. The molecule has 2 heterocycles. The Kier molecular flexibility index (Phi) is 6.76. The monoisotopic (exact) mass is 401 g/mol. The van der Waals surface area contributed by atoms with Crippen LogP contribution in [-0.4, -0.2) is 55.7 Å². The van der Waals surface area contributed by atoms with Gasteiger partial charge in [-0.3, -0.25) is 4.79 Å². The first-order valence-electron chi connectivity index (χ1n) is 9.18. The Hall–Kier alpha value is -2.73. The normalized spacial score (nSPS) is 14.4. The molecule has 0 spiro atoms. The first-order chi connectivity index (χ1) is 13.6. The number of anilines is 1. The van der Waals surface area contributed by atoms with Crippen molar-refractivity contribution >= 4 is 29.4 Å². The van der Waals surface area contributed by atoms with Gasteiger partial charge in [-0.2, -0.15) is 0 Å². The molecule has 1 aliphatic heterocycles. The fourth-order valence-corrected chi connectivity index (χ4v) is 3.18. The number of carbonyl (C=O) groups excluding carboxylic acids is 1. The van der Waals surface area contributed by atoms with E-state index in [1.807, 2.05) is 54.3 Å². The van der Waals surface area contributed by atoms with Crippen molar-refractivity contribution in [1.82, 2.24) is 9.88 Å². The Labute approximate surface area is 170 Å². The zero-order chi connectivity index (χ0) is 19.9. The number of amides is 1. The van der Waals surface area contributed by atoms with Crippen molar-refractivity contribution < 1.29 is 14.3 Å². The van der Waals surface area contributed by atoms with E-state index in [0.29, 0.717) is 29.6 Å². The molecule has 1 aliphatic rings. The van der Waals surface area contributed by atoms with Crippen LogP contribution in [0.15, 0.2) is 42.6 Å². The molecule has 1 fully saturated rings. The molecule has 1 aromatic heterocycles. The molecule has 0 bridgehead atoms. The van der Waals surface area contributed by atoms with Gasteiger partial charge < -0.3 is 19.3 Å². The lowest BCUT2D eigenvalue weighted by molar-refractivity contribution is -0.133. The molecule has 1 saturated heterocycles. The highest BCUT2D eigenvalue weighted by molar-refractivity contribution is 6.30. The second-order valence-electron chi connectivity index (χ2n) is 6.40. The third-order valence-corrected chi connectivity index (χ3v) is 4.79. The number of benzene rings is 1. The van der Waals surface area contributed by atoms with Crippen LogP contribution >= 0.6 is 11.6 Å². The number of hydrogen-bond donors (Lipinski definition) is 0. The number of piperazine rings is 1. The van der Waals surface area contributed by atoms with Gasteiger partial charge in [-0.15, -0.1) is 0 Å². The Balaban J connectivity index is 1.53. The van der Waals surface area contributed by atoms with Gasteiger partial charge in [0.25, 0.3) is 5.91 Å². The number of hydrogen-bond acceptors (Lipinski definition) is 5. The maximum absolute atomic E-state index is 12.5. The number of nitrogens with zero attached hydrogens (tertiary/aromatic N) is 3. The largest absolute Gasteiger partial charge is 0.493 e. The predicted molar refractivity (Wildman–Crippen MR) is 111 cm³/mol. The van der Waals surface area contributed by atoms with Crippen LogP contribution in [0.3, 0.4) is 0 Å². The van der Waals surface area contributed by atoms with E-state index >= 15 is 0 Å². The summed E-state index contributed by atoms with van der Waals surface area (Å²) < 4.78 is 11.1. The van der Waals surface area contributed by atoms with Crippen LogP contribution in [-0.2, 0) is 4.79 Å². The molecule has 0 aliphatic carbocycles. The third-order valence-electron chi connectivity index (χ3n) is 4.57. The second-order valence-corrected chi connectivity index (χ2v) is 6.84. The maximum Gasteiger partial charge on any atom is 0.260 e. The number of pyridine rings is 1. The van der Waals surface area contributed by atoms with Gasteiger partial charge in [-0.1, -0.05) is 29.8 Å². The van der Waals surface area contributed by atoms with Crippen LogP contribution in [0.2, 0.25) is 5.02 Å². The molecule has 148 valence electrons. The molecule has 0 saturated carbocycles. The van der Waals surface area contributed by atoms with Gasteiger partial charge in [0.1, 0.15) is 5.82 Å². The van der Waals surface area contributed by atoms with Crippen LogP contribution in [0.25, 0.3) is 6.08 Å². The first-order valence-corrected chi connectivity index (χ1v) is 9.56. The van der Waals surface area contributed by atoms with E-state index in [4.69, 9.17) is 21.1 Å². The molecule has 3 rings (SSSR count). The highest BCUT2D eigenvalue weighted by atomic mass is 35.5. The average Bonchev–Trinajstić information content (AvgIpc) is 2.73. The highest BCUT2D eigenvalue weighted by Gasteiger charge is 2.22. The fraction of sp³-hybridized carbons (Fsp3) is 0.333. The molecular formula is C21H24ClN3O3. The van der Waals surface area contributed by atoms with Gasteiger partial charge >= 0.3 is 0 Å². The van der Waals surface area contributed by atoms with E-state index in [0.717, 1.165) is 24.5 Å². The summed E-state index contributed by atoms with van der Waals surface area (Å²) in [6.45, 7) is 4.65. The molecule has 1 amide bonds. The maximum atomic E-state index is 12.5. The third kappa shape index (κ3) is 4.95. The Morgan fingerprint density at radius 2 is 1.96 bits per heavy atom. The number of carbonyl (C=O) groups is 1. The van der Waals surface area contributed by atoms with Gasteiger partial charge in [0.15, 0.2) is 18.1 Å². The van der Waals surface area contributed by atoms with Crippen LogP contribution in [0.5, 0.6) is 11.5 Å². The van der Waals surface area contributed by atoms with Crippen molar-refractivity contribution in [3.8, 4) is 11.5 Å². The summed E-state index contributed by atoms with van der Waals surface area (Å²) in [4.78, 5) is 20.8. The van der Waals surface area contributed by atoms with Gasteiger partial charge in [-0.25, -0.2) is 4.98 Å². The van der Waals surface area contributed by atoms with E-state index < -0.39 is 0 Å². The number of aromatic nitrogens is 1. The lowest BCUT2D eigenvalue weighted by Crippen LogP contribution is -2.50. The van der Waals surface area contributed by atoms with Crippen LogP contribution in [0, 0.1) is 0 Å². The van der Waals surface area contributed by atoms with E-state index in [1.165, 1.54) is 0 Å². The Morgan fingerprint density at radius 3 is 2.61 bits per heavy atom. The summed E-state index contributed by atoms with van der Waals surface area (Å²) in [5, 5.41) is 0.615. The van der Waals surface area contributed by atoms with Crippen LogP contribution in [0.1, 0.15) is 12.5 Å². The minimum absolute atomic E-state index is 0.0154. The molecule has 28 heavy (non-hydrogen) atoms. The number of ether oxygens (including phenoxy) is 2. The topological polar surface area (TPSA) is 54.9 Å². The number of halogens is 1. The molecule has 6 nitrogen and oxygen atoms in total. The van der Waals surface area contributed by atoms with E-state index in [2.05, 4.69) is 9.88 Å². The fourth-order valence-electron chi connectivity index (χ4n) is 3.07. The van der Waals surface area contributed by atoms with E-state index in [-0.39, 0.29) is 12.5 Å². The molecule has 7 heteroatoms. The van der Waals surface area contributed by atoms with Gasteiger partial charge in [0.05, 0.1) is 12.1 Å². The smallest absolute Gasteiger partial charge is 0.260 e. The van der Waals surface area contributed by atoms with Crippen molar-refractivity contribution in [1.29, 1.82) is 0 Å². The van der Waals surface area contributed by atoms with Gasteiger partial charge in [0.2, 0.25) is 0 Å². The molecule has 0 radical (unpaired) electrons. The van der Waals surface area contributed by atoms with Gasteiger partial charge in [0, 0.05) is 32.4 Å². The summed E-state index contributed by atoms with van der Waals surface area (Å²) in [6, 6.07) is 9.36. The molecule has 1 aromatic carbocycles. The van der Waals surface area contributed by atoms with Crippen LogP contribution < -0.4 is 14.4 Å². The SMILES string of the molecule is C/C=C/c1ccc(OCC(=O)N2CCN(c3ccc(Cl)cn3)CC2)c(OC)c1. The summed E-state index contributed by atoms with van der Waals surface area (Å²) in [7, 11) is 1.59. The Bertz CT molecular complexity index is 831.